The summed E-state index contributed by atoms with van der Waals surface area (Å²) in [6.07, 6.45) is -2.33. The van der Waals surface area contributed by atoms with Crippen LogP contribution >= 0.6 is 0 Å². The molecule has 0 fully saturated rings. The number of nitrogens with one attached hydrogen (secondary N) is 1. The summed E-state index contributed by atoms with van der Waals surface area (Å²) in [5, 5.41) is 3.81. The minimum Gasteiger partial charge on any atom is -0.322 e. The average Bonchev–Trinajstić information content (AvgIpc) is 2.87. The van der Waals surface area contributed by atoms with Crippen molar-refractivity contribution in [3.8, 4) is 5.82 Å². The summed E-state index contributed by atoms with van der Waals surface area (Å²) in [4.78, 5) is 20.9. The summed E-state index contributed by atoms with van der Waals surface area (Å²) >= 11 is 0. The van der Waals surface area contributed by atoms with Crippen LogP contribution in [0.4, 0.5) is 13.2 Å². The van der Waals surface area contributed by atoms with Gasteiger partial charge in [0.25, 0.3) is 5.82 Å². The van der Waals surface area contributed by atoms with Gasteiger partial charge in [0.2, 0.25) is 5.56 Å². The van der Waals surface area contributed by atoms with Crippen molar-refractivity contribution < 1.29 is 13.2 Å². The first-order chi connectivity index (χ1) is 9.45. The first-order valence-electron chi connectivity index (χ1n) is 5.42. The van der Waals surface area contributed by atoms with E-state index in [1.807, 2.05) is 0 Å². The van der Waals surface area contributed by atoms with Gasteiger partial charge in [0.1, 0.15) is 6.33 Å². The molecular formula is C11H6F3N5O. The van der Waals surface area contributed by atoms with Gasteiger partial charge in [-0.05, 0) is 12.1 Å². The molecule has 0 atom stereocenters. The molecule has 20 heavy (non-hydrogen) atoms. The van der Waals surface area contributed by atoms with Crippen LogP contribution in [0.2, 0.25) is 0 Å². The predicted octanol–water partition coefficient (Wildman–Crippen LogP) is 1.52. The Kier molecular flexibility index (Phi) is 2.56. The number of nitrogens with zero attached hydrogens (tertiary/aromatic N) is 4. The van der Waals surface area contributed by atoms with Crippen LogP contribution in [-0.4, -0.2) is 24.7 Å². The number of alkyl halides is 3. The van der Waals surface area contributed by atoms with Crippen molar-refractivity contribution in [3.05, 3.63) is 46.9 Å². The van der Waals surface area contributed by atoms with Crippen LogP contribution in [0.15, 0.2) is 35.5 Å². The normalized spacial score (nSPS) is 11.9. The molecule has 9 heteroatoms. The molecule has 0 unspecified atom stereocenters. The van der Waals surface area contributed by atoms with E-state index in [4.69, 9.17) is 0 Å². The fourth-order valence-corrected chi connectivity index (χ4v) is 1.75. The summed E-state index contributed by atoms with van der Waals surface area (Å²) < 4.78 is 38.4. The van der Waals surface area contributed by atoms with Crippen LogP contribution < -0.4 is 5.56 Å². The van der Waals surface area contributed by atoms with Crippen LogP contribution in [0.25, 0.3) is 16.7 Å². The van der Waals surface area contributed by atoms with Crippen molar-refractivity contribution in [1.82, 2.24) is 24.7 Å². The molecule has 0 spiro atoms. The van der Waals surface area contributed by atoms with Gasteiger partial charge in [-0.3, -0.25) is 4.79 Å². The van der Waals surface area contributed by atoms with E-state index in [0.29, 0.717) is 10.9 Å². The quantitative estimate of drug-likeness (QED) is 0.733. The number of halogens is 3. The highest BCUT2D eigenvalue weighted by molar-refractivity contribution is 5.84. The number of aromatic amines is 1. The predicted molar refractivity (Wildman–Crippen MR) is 62.3 cm³/mol. The van der Waals surface area contributed by atoms with Crippen LogP contribution in [0.5, 0.6) is 0 Å². The molecule has 0 radical (unpaired) electrons. The van der Waals surface area contributed by atoms with E-state index >= 15 is 0 Å². The molecule has 0 aliphatic heterocycles. The Balaban J connectivity index is 2.20. The van der Waals surface area contributed by atoms with Crippen molar-refractivity contribution in [2.45, 2.75) is 6.18 Å². The molecule has 0 aliphatic carbocycles. The van der Waals surface area contributed by atoms with E-state index in [-0.39, 0.29) is 11.4 Å². The Morgan fingerprint density at radius 3 is 2.65 bits per heavy atom. The van der Waals surface area contributed by atoms with Gasteiger partial charge in [-0.2, -0.15) is 13.2 Å². The van der Waals surface area contributed by atoms with Gasteiger partial charge >= 0.3 is 6.18 Å². The fraction of sp³-hybridized carbons (Fsp3) is 0.0909. The van der Waals surface area contributed by atoms with Crippen molar-refractivity contribution in [1.29, 1.82) is 0 Å². The Bertz CT molecular complexity index is 836. The fourth-order valence-electron chi connectivity index (χ4n) is 1.75. The van der Waals surface area contributed by atoms with Crippen molar-refractivity contribution >= 4 is 10.9 Å². The maximum absolute atomic E-state index is 12.5. The second kappa shape index (κ2) is 4.15. The molecule has 0 aliphatic rings. The topological polar surface area (TPSA) is 76.5 Å². The Hall–Kier alpha value is -2.71. The maximum atomic E-state index is 12.5. The number of H-pyrrole nitrogens is 1. The number of pyridine rings is 2. The lowest BCUT2D eigenvalue weighted by atomic mass is 10.2. The zero-order valence-corrected chi connectivity index (χ0v) is 9.72. The number of hydrogen-bond donors (Lipinski definition) is 1. The standard InChI is InChI=1S/C11H6F3N5O/c12-11(13,14)10-16-5-19(18-10)9-6-1-2-8(20)17-7(6)3-4-15-9/h1-5H,(H,17,20). The van der Waals surface area contributed by atoms with E-state index in [1.54, 1.807) is 6.07 Å². The lowest BCUT2D eigenvalue weighted by molar-refractivity contribution is -0.144. The molecule has 3 aromatic heterocycles. The third-order valence-electron chi connectivity index (χ3n) is 2.59. The lowest BCUT2D eigenvalue weighted by Gasteiger charge is -2.04. The van der Waals surface area contributed by atoms with Crippen LogP contribution in [0, 0.1) is 0 Å². The Morgan fingerprint density at radius 1 is 1.15 bits per heavy atom. The number of aromatic nitrogens is 5. The van der Waals surface area contributed by atoms with Gasteiger partial charge < -0.3 is 4.98 Å². The summed E-state index contributed by atoms with van der Waals surface area (Å²) in [5.74, 6) is -1.09. The summed E-state index contributed by atoms with van der Waals surface area (Å²) in [7, 11) is 0. The number of rotatable bonds is 1. The minimum atomic E-state index is -4.62. The van der Waals surface area contributed by atoms with Gasteiger partial charge in [0.05, 0.1) is 5.52 Å². The number of hydrogen-bond acceptors (Lipinski definition) is 4. The zero-order chi connectivity index (χ0) is 14.3. The monoisotopic (exact) mass is 281 g/mol. The SMILES string of the molecule is O=c1ccc2c(-n3cnc(C(F)(F)F)n3)nccc2[nH]1. The van der Waals surface area contributed by atoms with E-state index in [1.165, 1.54) is 18.3 Å². The van der Waals surface area contributed by atoms with Gasteiger partial charge in [0, 0.05) is 17.6 Å². The average molecular weight is 281 g/mol. The molecule has 3 rings (SSSR count). The first kappa shape index (κ1) is 12.3. The van der Waals surface area contributed by atoms with Crippen LogP contribution in [0.1, 0.15) is 5.82 Å². The third kappa shape index (κ3) is 2.02. The lowest BCUT2D eigenvalue weighted by Crippen LogP contribution is -2.09. The summed E-state index contributed by atoms with van der Waals surface area (Å²) in [6.45, 7) is 0. The first-order valence-corrected chi connectivity index (χ1v) is 5.42. The Morgan fingerprint density at radius 2 is 1.95 bits per heavy atom. The third-order valence-corrected chi connectivity index (χ3v) is 2.59. The molecule has 0 saturated heterocycles. The highest BCUT2D eigenvalue weighted by Crippen LogP contribution is 2.26. The van der Waals surface area contributed by atoms with E-state index in [2.05, 4.69) is 20.1 Å². The van der Waals surface area contributed by atoms with Crippen molar-refractivity contribution in [2.75, 3.05) is 0 Å². The molecule has 0 saturated carbocycles. The van der Waals surface area contributed by atoms with Gasteiger partial charge in [-0.1, -0.05) is 0 Å². The zero-order valence-electron chi connectivity index (χ0n) is 9.72. The molecule has 6 nitrogen and oxygen atoms in total. The maximum Gasteiger partial charge on any atom is 0.453 e. The minimum absolute atomic E-state index is 0.154. The Labute approximate surface area is 108 Å². The summed E-state index contributed by atoms with van der Waals surface area (Å²) in [6, 6.07) is 4.27. The molecular weight excluding hydrogens is 275 g/mol. The van der Waals surface area contributed by atoms with Crippen molar-refractivity contribution in [2.24, 2.45) is 0 Å². The van der Waals surface area contributed by atoms with Crippen LogP contribution in [0.3, 0.4) is 0 Å². The van der Waals surface area contributed by atoms with Gasteiger partial charge in [-0.15, -0.1) is 5.10 Å². The van der Waals surface area contributed by atoms with Crippen LogP contribution in [-0.2, 0) is 6.18 Å². The second-order valence-corrected chi connectivity index (χ2v) is 3.93. The summed E-state index contributed by atoms with van der Waals surface area (Å²) in [5.41, 5.74) is 0.135. The van der Waals surface area contributed by atoms with E-state index in [0.717, 1.165) is 11.0 Å². The smallest absolute Gasteiger partial charge is 0.322 e. The number of fused-ring (bicyclic) bond motifs is 1. The molecule has 0 bridgehead atoms. The molecule has 0 amide bonds. The van der Waals surface area contributed by atoms with Crippen molar-refractivity contribution in [3.63, 3.8) is 0 Å². The molecule has 1 N–H and O–H groups in total. The molecule has 102 valence electrons. The van der Waals surface area contributed by atoms with Gasteiger partial charge in [0.15, 0.2) is 5.82 Å². The second-order valence-electron chi connectivity index (χ2n) is 3.93. The molecule has 0 aromatic carbocycles. The molecule has 3 aromatic rings. The van der Waals surface area contributed by atoms with Gasteiger partial charge in [-0.25, -0.2) is 14.6 Å². The van der Waals surface area contributed by atoms with E-state index in [9.17, 15) is 18.0 Å². The van der Waals surface area contributed by atoms with E-state index < -0.39 is 12.0 Å². The highest BCUT2D eigenvalue weighted by Gasteiger charge is 2.36. The highest BCUT2D eigenvalue weighted by atomic mass is 19.4. The molecule has 3 heterocycles. The largest absolute Gasteiger partial charge is 0.453 e.